The second kappa shape index (κ2) is 3.68. The summed E-state index contributed by atoms with van der Waals surface area (Å²) < 4.78 is 0.624. The molecule has 4 heteroatoms. The molecule has 0 radical (unpaired) electrons. The largest absolute Gasteiger partial charge is 0.301 e. The Morgan fingerprint density at radius 3 is 2.93 bits per heavy atom. The standard InChI is InChI=1S/C10H9IN2O/c1-6-2-4-7-8(5-3-6)12-10(11)13-9(7)14/h2-6H,1H3,(H,12,13,14). The number of fused-ring (bicyclic) bond motifs is 1. The molecule has 0 aliphatic heterocycles. The lowest BCUT2D eigenvalue weighted by Gasteiger charge is -1.98. The lowest BCUT2D eigenvalue weighted by molar-refractivity contribution is 0.953. The molecule has 1 N–H and O–H groups in total. The Balaban J connectivity index is 2.68. The molecule has 1 aliphatic carbocycles. The van der Waals surface area contributed by atoms with Crippen molar-refractivity contribution in [3.63, 3.8) is 0 Å². The predicted molar refractivity (Wildman–Crippen MR) is 64.8 cm³/mol. The number of nitrogens with zero attached hydrogens (tertiary/aromatic N) is 1. The van der Waals surface area contributed by atoms with Crippen molar-refractivity contribution in [2.75, 3.05) is 0 Å². The molecule has 14 heavy (non-hydrogen) atoms. The molecule has 0 fully saturated rings. The minimum absolute atomic E-state index is 0.0746. The van der Waals surface area contributed by atoms with Gasteiger partial charge in [0.2, 0.25) is 0 Å². The van der Waals surface area contributed by atoms with Crippen LogP contribution in [-0.4, -0.2) is 9.97 Å². The minimum Gasteiger partial charge on any atom is -0.301 e. The number of hydrogen-bond donors (Lipinski definition) is 1. The highest BCUT2D eigenvalue weighted by Crippen LogP contribution is 2.14. The number of rotatable bonds is 0. The van der Waals surface area contributed by atoms with Crippen LogP contribution in [0.5, 0.6) is 0 Å². The van der Waals surface area contributed by atoms with Crippen LogP contribution in [0.4, 0.5) is 0 Å². The van der Waals surface area contributed by atoms with Gasteiger partial charge in [-0.05, 0) is 34.6 Å². The van der Waals surface area contributed by atoms with Gasteiger partial charge in [-0.2, -0.15) is 0 Å². The molecular weight excluding hydrogens is 291 g/mol. The quantitative estimate of drug-likeness (QED) is 0.589. The van der Waals surface area contributed by atoms with E-state index < -0.39 is 0 Å². The third-order valence-electron chi connectivity index (χ3n) is 2.08. The van der Waals surface area contributed by atoms with Gasteiger partial charge in [-0.1, -0.05) is 25.2 Å². The van der Waals surface area contributed by atoms with E-state index in [1.807, 2.05) is 46.9 Å². The van der Waals surface area contributed by atoms with Gasteiger partial charge in [-0.3, -0.25) is 4.79 Å². The topological polar surface area (TPSA) is 45.8 Å². The Kier molecular flexibility index (Phi) is 2.54. The van der Waals surface area contributed by atoms with E-state index in [0.717, 1.165) is 5.69 Å². The zero-order valence-electron chi connectivity index (χ0n) is 7.62. The summed E-state index contributed by atoms with van der Waals surface area (Å²) in [4.78, 5) is 18.5. The summed E-state index contributed by atoms with van der Waals surface area (Å²) in [6.07, 6.45) is 7.76. The molecule has 1 aliphatic rings. The van der Waals surface area contributed by atoms with Gasteiger partial charge in [-0.25, -0.2) is 4.98 Å². The smallest absolute Gasteiger partial charge is 0.259 e. The number of H-pyrrole nitrogens is 1. The van der Waals surface area contributed by atoms with E-state index in [4.69, 9.17) is 0 Å². The lowest BCUT2D eigenvalue weighted by atomic mass is 10.2. The van der Waals surface area contributed by atoms with Crippen molar-refractivity contribution in [3.05, 3.63) is 37.6 Å². The van der Waals surface area contributed by atoms with Gasteiger partial charge in [0.15, 0.2) is 3.83 Å². The third kappa shape index (κ3) is 1.79. The van der Waals surface area contributed by atoms with E-state index in [0.29, 0.717) is 15.3 Å². The van der Waals surface area contributed by atoms with E-state index >= 15 is 0 Å². The summed E-state index contributed by atoms with van der Waals surface area (Å²) in [5.74, 6) is 0.348. The van der Waals surface area contributed by atoms with Crippen LogP contribution in [0.25, 0.3) is 12.2 Å². The first-order chi connectivity index (χ1) is 6.66. The van der Waals surface area contributed by atoms with E-state index in [2.05, 4.69) is 16.9 Å². The Bertz CT molecular complexity index is 474. The van der Waals surface area contributed by atoms with Gasteiger partial charge in [0.05, 0.1) is 11.3 Å². The number of hydrogen-bond acceptors (Lipinski definition) is 2. The summed E-state index contributed by atoms with van der Waals surface area (Å²) in [5, 5.41) is 0. The number of halogens is 1. The van der Waals surface area contributed by atoms with E-state index in [1.54, 1.807) is 0 Å². The van der Waals surface area contributed by atoms with Crippen molar-refractivity contribution in [2.24, 2.45) is 5.92 Å². The molecule has 0 amide bonds. The third-order valence-corrected chi connectivity index (χ3v) is 2.59. The maximum Gasteiger partial charge on any atom is 0.259 e. The first kappa shape index (κ1) is 9.64. The highest BCUT2D eigenvalue weighted by atomic mass is 127. The first-order valence-corrected chi connectivity index (χ1v) is 5.41. The lowest BCUT2D eigenvalue weighted by Crippen LogP contribution is -2.14. The summed E-state index contributed by atoms with van der Waals surface area (Å²) in [7, 11) is 0. The fourth-order valence-corrected chi connectivity index (χ4v) is 1.82. The van der Waals surface area contributed by atoms with Crippen molar-refractivity contribution in [1.82, 2.24) is 9.97 Å². The molecule has 1 unspecified atom stereocenters. The number of aromatic nitrogens is 2. The highest BCUT2D eigenvalue weighted by molar-refractivity contribution is 14.1. The van der Waals surface area contributed by atoms with Crippen LogP contribution >= 0.6 is 22.6 Å². The predicted octanol–water partition coefficient (Wildman–Crippen LogP) is 2.05. The monoisotopic (exact) mass is 300 g/mol. The Hall–Kier alpha value is -0.910. The van der Waals surface area contributed by atoms with Crippen LogP contribution in [0.2, 0.25) is 0 Å². The van der Waals surface area contributed by atoms with Crippen molar-refractivity contribution in [3.8, 4) is 0 Å². The van der Waals surface area contributed by atoms with Gasteiger partial charge in [0.1, 0.15) is 0 Å². The maximum atomic E-state index is 11.6. The average Bonchev–Trinajstić information content (AvgIpc) is 2.28. The zero-order valence-corrected chi connectivity index (χ0v) is 9.78. The van der Waals surface area contributed by atoms with Crippen LogP contribution in [0.1, 0.15) is 18.2 Å². The van der Waals surface area contributed by atoms with Crippen LogP contribution in [0.15, 0.2) is 16.9 Å². The van der Waals surface area contributed by atoms with E-state index in [9.17, 15) is 4.79 Å². The molecule has 2 rings (SSSR count). The second-order valence-corrected chi connectivity index (χ2v) is 4.25. The van der Waals surface area contributed by atoms with Crippen LogP contribution in [0.3, 0.4) is 0 Å². The summed E-state index contributed by atoms with van der Waals surface area (Å²) in [6, 6.07) is 0. The van der Waals surface area contributed by atoms with Crippen molar-refractivity contribution < 1.29 is 0 Å². The molecular formula is C10H9IN2O. The molecule has 1 aromatic rings. The fraction of sp³-hybridized carbons (Fsp3) is 0.200. The van der Waals surface area contributed by atoms with Crippen molar-refractivity contribution in [1.29, 1.82) is 0 Å². The summed E-state index contributed by atoms with van der Waals surface area (Å²) in [5.41, 5.74) is 1.32. The highest BCUT2D eigenvalue weighted by Gasteiger charge is 2.08. The molecule has 0 saturated heterocycles. The number of allylic oxidation sites excluding steroid dienone is 2. The van der Waals surface area contributed by atoms with Gasteiger partial charge in [0.25, 0.3) is 5.56 Å². The Labute approximate surface area is 95.1 Å². The first-order valence-electron chi connectivity index (χ1n) is 4.33. The van der Waals surface area contributed by atoms with Crippen molar-refractivity contribution in [2.45, 2.75) is 6.92 Å². The van der Waals surface area contributed by atoms with Crippen molar-refractivity contribution >= 4 is 34.7 Å². The summed E-state index contributed by atoms with van der Waals surface area (Å²) >= 11 is 2.00. The summed E-state index contributed by atoms with van der Waals surface area (Å²) in [6.45, 7) is 2.07. The second-order valence-electron chi connectivity index (χ2n) is 3.23. The number of nitrogens with one attached hydrogen (secondary N) is 1. The van der Waals surface area contributed by atoms with Gasteiger partial charge < -0.3 is 4.98 Å². The molecule has 0 spiro atoms. The van der Waals surface area contributed by atoms with Gasteiger partial charge >= 0.3 is 0 Å². The molecule has 0 aromatic carbocycles. The van der Waals surface area contributed by atoms with E-state index in [1.165, 1.54) is 0 Å². The Morgan fingerprint density at radius 2 is 2.14 bits per heavy atom. The molecule has 72 valence electrons. The van der Waals surface area contributed by atoms with Gasteiger partial charge in [-0.15, -0.1) is 0 Å². The zero-order chi connectivity index (χ0) is 10.1. The Morgan fingerprint density at radius 1 is 1.43 bits per heavy atom. The van der Waals surface area contributed by atoms with E-state index in [-0.39, 0.29) is 5.56 Å². The fourth-order valence-electron chi connectivity index (χ4n) is 1.31. The molecule has 1 aromatic heterocycles. The number of aromatic amines is 1. The molecule has 0 saturated carbocycles. The molecule has 0 bridgehead atoms. The van der Waals surface area contributed by atoms with Crippen LogP contribution in [-0.2, 0) is 0 Å². The molecule has 1 heterocycles. The molecule has 1 atom stereocenters. The molecule has 3 nitrogen and oxygen atoms in total. The normalized spacial score (nSPS) is 19.1. The van der Waals surface area contributed by atoms with Gasteiger partial charge in [0, 0.05) is 0 Å². The average molecular weight is 300 g/mol. The SMILES string of the molecule is CC1C=Cc2nc(I)[nH]c(=O)c2C=C1. The maximum absolute atomic E-state index is 11.6. The van der Waals surface area contributed by atoms with Crippen LogP contribution < -0.4 is 5.56 Å². The minimum atomic E-state index is -0.0746. The van der Waals surface area contributed by atoms with Crippen LogP contribution in [0, 0.1) is 9.75 Å².